The number of hydrogen-bond donors (Lipinski definition) is 2. The van der Waals surface area contributed by atoms with E-state index in [1.165, 1.54) is 0 Å². The van der Waals surface area contributed by atoms with E-state index in [0.29, 0.717) is 24.3 Å². The van der Waals surface area contributed by atoms with E-state index in [1.807, 2.05) is 35.2 Å². The van der Waals surface area contributed by atoms with Crippen molar-refractivity contribution in [2.24, 2.45) is 0 Å². The largest absolute Gasteiger partial charge is 0.400 e. The van der Waals surface area contributed by atoms with E-state index in [-0.39, 0.29) is 5.91 Å². The molecule has 1 aromatic carbocycles. The van der Waals surface area contributed by atoms with Crippen LogP contribution in [0.5, 0.6) is 0 Å². The third kappa shape index (κ3) is 3.03. The Morgan fingerprint density at radius 1 is 1.29 bits per heavy atom. The summed E-state index contributed by atoms with van der Waals surface area (Å²) in [4.78, 5) is 27.9. The molecule has 1 amide bonds. The summed E-state index contributed by atoms with van der Waals surface area (Å²) < 4.78 is 0. The molecular weight excluding hydrogens is 268 g/mol. The van der Waals surface area contributed by atoms with Gasteiger partial charge in [0, 0.05) is 26.4 Å². The Bertz CT molecular complexity index is 620. The molecular formula is C16H18N2O3. The number of aliphatic hydroxyl groups is 1. The number of carbonyl (C=O) groups is 2. The van der Waals surface area contributed by atoms with E-state index in [9.17, 15) is 9.59 Å². The number of aromatic amines is 1. The molecule has 0 atom stereocenters. The van der Waals surface area contributed by atoms with Crippen LogP contribution in [0.4, 0.5) is 0 Å². The first kappa shape index (κ1) is 15.0. The van der Waals surface area contributed by atoms with Crippen molar-refractivity contribution in [2.75, 3.05) is 13.7 Å². The number of hydrogen-bond acceptors (Lipinski definition) is 3. The van der Waals surface area contributed by atoms with Gasteiger partial charge in [0.25, 0.3) is 5.91 Å². The molecule has 21 heavy (non-hydrogen) atoms. The van der Waals surface area contributed by atoms with Crippen molar-refractivity contribution < 1.29 is 14.7 Å². The monoisotopic (exact) mass is 286 g/mol. The van der Waals surface area contributed by atoms with Gasteiger partial charge in [-0.3, -0.25) is 9.59 Å². The zero-order valence-electron chi connectivity index (χ0n) is 11.9. The smallest absolute Gasteiger partial charge is 0.256 e. The molecule has 0 aliphatic carbocycles. The number of H-pyrrole nitrogens is 1. The fourth-order valence-electron chi connectivity index (χ4n) is 2.51. The predicted molar refractivity (Wildman–Crippen MR) is 79.2 cm³/mol. The number of carbonyl (C=O) groups excluding carboxylic acids is 2. The molecule has 1 aliphatic rings. The van der Waals surface area contributed by atoms with Gasteiger partial charge >= 0.3 is 0 Å². The standard InChI is InChI=1S/C15H14N2O2.CH4O/c18-10-14-12-6-7-17(15(19)13(12)8-16-14)9-11-4-2-1-3-5-11;1-2/h1-5,8,10,16H,6-7,9H2;2H,1H3. The van der Waals surface area contributed by atoms with Crippen molar-refractivity contribution in [1.29, 1.82) is 0 Å². The molecule has 0 bridgehead atoms. The highest BCUT2D eigenvalue weighted by Crippen LogP contribution is 2.22. The minimum Gasteiger partial charge on any atom is -0.400 e. The number of fused-ring (bicyclic) bond motifs is 1. The first-order valence-electron chi connectivity index (χ1n) is 6.73. The van der Waals surface area contributed by atoms with Crippen molar-refractivity contribution in [1.82, 2.24) is 9.88 Å². The van der Waals surface area contributed by atoms with Gasteiger partial charge in [-0.25, -0.2) is 0 Å². The molecule has 0 saturated heterocycles. The summed E-state index contributed by atoms with van der Waals surface area (Å²) in [6.07, 6.45) is 3.14. The van der Waals surface area contributed by atoms with E-state index >= 15 is 0 Å². The van der Waals surface area contributed by atoms with Gasteiger partial charge in [-0.1, -0.05) is 30.3 Å². The van der Waals surface area contributed by atoms with Gasteiger partial charge in [0.15, 0.2) is 6.29 Å². The van der Waals surface area contributed by atoms with Crippen molar-refractivity contribution in [3.63, 3.8) is 0 Å². The SMILES string of the molecule is CO.O=Cc1[nH]cc2c1CCN(Cc1ccccc1)C2=O. The van der Waals surface area contributed by atoms with Gasteiger partial charge < -0.3 is 15.0 Å². The van der Waals surface area contributed by atoms with E-state index < -0.39 is 0 Å². The summed E-state index contributed by atoms with van der Waals surface area (Å²) >= 11 is 0. The number of rotatable bonds is 3. The second-order valence-corrected chi connectivity index (χ2v) is 4.67. The summed E-state index contributed by atoms with van der Waals surface area (Å²) in [5.74, 6) is -0.00514. The molecule has 5 heteroatoms. The summed E-state index contributed by atoms with van der Waals surface area (Å²) in [6, 6.07) is 9.92. The number of aromatic nitrogens is 1. The average molecular weight is 286 g/mol. The van der Waals surface area contributed by atoms with Crippen LogP contribution in [0.1, 0.15) is 32.0 Å². The lowest BCUT2D eigenvalue weighted by molar-refractivity contribution is 0.0728. The van der Waals surface area contributed by atoms with Gasteiger partial charge in [0.1, 0.15) is 0 Å². The maximum Gasteiger partial charge on any atom is 0.256 e. The highest BCUT2D eigenvalue weighted by molar-refractivity contribution is 5.98. The first-order valence-corrected chi connectivity index (χ1v) is 6.73. The Labute approximate surface area is 123 Å². The van der Waals surface area contributed by atoms with Crippen molar-refractivity contribution >= 4 is 12.2 Å². The molecule has 2 aromatic rings. The molecule has 0 fully saturated rings. The number of aliphatic hydroxyl groups excluding tert-OH is 1. The lowest BCUT2D eigenvalue weighted by Gasteiger charge is -2.27. The number of nitrogens with zero attached hydrogens (tertiary/aromatic N) is 1. The van der Waals surface area contributed by atoms with Gasteiger partial charge in [-0.2, -0.15) is 0 Å². The highest BCUT2D eigenvalue weighted by atomic mass is 16.2. The first-order chi connectivity index (χ1) is 10.3. The molecule has 0 saturated carbocycles. The van der Waals surface area contributed by atoms with Crippen molar-refractivity contribution in [2.45, 2.75) is 13.0 Å². The third-order valence-corrected chi connectivity index (χ3v) is 3.51. The summed E-state index contributed by atoms with van der Waals surface area (Å²) in [6.45, 7) is 1.26. The summed E-state index contributed by atoms with van der Waals surface area (Å²) in [7, 11) is 1.00. The van der Waals surface area contributed by atoms with Crippen LogP contribution >= 0.6 is 0 Å². The molecule has 110 valence electrons. The van der Waals surface area contributed by atoms with E-state index in [1.54, 1.807) is 6.20 Å². The number of benzene rings is 1. The molecule has 0 unspecified atom stereocenters. The van der Waals surface area contributed by atoms with Gasteiger partial charge in [0.05, 0.1) is 11.3 Å². The molecule has 1 aromatic heterocycles. The maximum atomic E-state index is 12.3. The third-order valence-electron chi connectivity index (χ3n) is 3.51. The van der Waals surface area contributed by atoms with Crippen LogP contribution in [-0.4, -0.2) is 40.8 Å². The van der Waals surface area contributed by atoms with Gasteiger partial charge in [-0.05, 0) is 17.5 Å². The Balaban J connectivity index is 0.000000774. The Kier molecular flexibility index (Phi) is 4.90. The molecule has 2 heterocycles. The number of nitrogens with one attached hydrogen (secondary N) is 1. The highest BCUT2D eigenvalue weighted by Gasteiger charge is 2.27. The number of amides is 1. The van der Waals surface area contributed by atoms with Crippen molar-refractivity contribution in [3.8, 4) is 0 Å². The predicted octanol–water partition coefficient (Wildman–Crippen LogP) is 1.63. The molecule has 2 N–H and O–H groups in total. The minimum absolute atomic E-state index is 0.00514. The van der Waals surface area contributed by atoms with Crippen LogP contribution < -0.4 is 0 Å². The fourth-order valence-corrected chi connectivity index (χ4v) is 2.51. The molecule has 0 radical (unpaired) electrons. The topological polar surface area (TPSA) is 73.4 Å². The lowest BCUT2D eigenvalue weighted by atomic mass is 10.0. The normalized spacial score (nSPS) is 13.2. The average Bonchev–Trinajstić information content (AvgIpc) is 2.97. The Morgan fingerprint density at radius 3 is 2.67 bits per heavy atom. The molecule has 3 rings (SSSR count). The maximum absolute atomic E-state index is 12.3. The van der Waals surface area contributed by atoms with E-state index in [2.05, 4.69) is 4.98 Å². The van der Waals surface area contributed by atoms with Crippen LogP contribution in [0.15, 0.2) is 36.5 Å². The molecule has 1 aliphatic heterocycles. The minimum atomic E-state index is -0.00514. The number of aldehydes is 1. The molecule has 5 nitrogen and oxygen atoms in total. The van der Waals surface area contributed by atoms with Gasteiger partial charge in [-0.15, -0.1) is 0 Å². The van der Waals surface area contributed by atoms with Crippen LogP contribution in [-0.2, 0) is 13.0 Å². The van der Waals surface area contributed by atoms with Crippen LogP contribution in [0.25, 0.3) is 0 Å². The van der Waals surface area contributed by atoms with Gasteiger partial charge in [0.2, 0.25) is 0 Å². The fraction of sp³-hybridized carbons (Fsp3) is 0.250. The zero-order chi connectivity index (χ0) is 15.2. The van der Waals surface area contributed by atoms with Crippen molar-refractivity contribution in [3.05, 3.63) is 58.9 Å². The summed E-state index contributed by atoms with van der Waals surface area (Å²) in [5, 5.41) is 7.00. The second-order valence-electron chi connectivity index (χ2n) is 4.67. The van der Waals surface area contributed by atoms with Crippen LogP contribution in [0, 0.1) is 0 Å². The van der Waals surface area contributed by atoms with E-state index in [4.69, 9.17) is 5.11 Å². The van der Waals surface area contributed by atoms with E-state index in [0.717, 1.165) is 30.9 Å². The quantitative estimate of drug-likeness (QED) is 0.842. The zero-order valence-corrected chi connectivity index (χ0v) is 11.9. The van der Waals surface area contributed by atoms with Crippen LogP contribution in [0.3, 0.4) is 0 Å². The Hall–Kier alpha value is -2.40. The Morgan fingerprint density at radius 2 is 2.00 bits per heavy atom. The summed E-state index contributed by atoms with van der Waals surface area (Å²) in [5.41, 5.74) is 3.13. The van der Waals surface area contributed by atoms with Crippen LogP contribution in [0.2, 0.25) is 0 Å². The molecule has 0 spiro atoms. The lowest BCUT2D eigenvalue weighted by Crippen LogP contribution is -2.36. The second kappa shape index (κ2) is 6.85.